The monoisotopic (exact) mass is 356 g/mol. The number of anilines is 1. The Morgan fingerprint density at radius 1 is 1.35 bits per heavy atom. The summed E-state index contributed by atoms with van der Waals surface area (Å²) in [6, 6.07) is 9.86. The van der Waals surface area contributed by atoms with Gasteiger partial charge in [-0.2, -0.15) is 0 Å². The van der Waals surface area contributed by atoms with Crippen LogP contribution in [0.25, 0.3) is 0 Å². The molecule has 1 amide bonds. The van der Waals surface area contributed by atoms with E-state index in [1.165, 1.54) is 0 Å². The third-order valence-electron chi connectivity index (χ3n) is 4.81. The lowest BCUT2D eigenvalue weighted by Gasteiger charge is -2.38. The number of carbonyl (C=O) groups excluding carboxylic acids is 1. The molecule has 0 saturated carbocycles. The second kappa shape index (κ2) is 7.86. The lowest BCUT2D eigenvalue weighted by atomic mass is 9.95. The van der Waals surface area contributed by atoms with Crippen LogP contribution in [0.1, 0.15) is 32.4 Å². The van der Waals surface area contributed by atoms with E-state index in [9.17, 15) is 4.79 Å². The molecule has 1 aliphatic rings. The Morgan fingerprint density at radius 3 is 2.81 bits per heavy atom. The standard InChI is InChI=1S/C19H28N6O/c1-19(2,21-16-8-4-3-5-9-16)18(26)24-10-6-7-15(12-24)13-25-14-17(11-20)22-23-25/h3-5,8-9,14-15,21H,6-7,10-13,20H2,1-2H3/t15-/m0/s1. The second-order valence-electron chi connectivity index (χ2n) is 7.51. The topological polar surface area (TPSA) is 89.1 Å². The molecule has 26 heavy (non-hydrogen) atoms. The molecule has 3 N–H and O–H groups in total. The SMILES string of the molecule is CC(C)(Nc1ccccc1)C(=O)N1CCC[C@H](Cn2cc(CN)nn2)C1. The Bertz CT molecular complexity index is 727. The van der Waals surface area contributed by atoms with Gasteiger partial charge in [-0.25, -0.2) is 0 Å². The molecule has 1 saturated heterocycles. The number of piperidine rings is 1. The van der Waals surface area contributed by atoms with Crippen molar-refractivity contribution in [1.82, 2.24) is 19.9 Å². The van der Waals surface area contributed by atoms with E-state index in [2.05, 4.69) is 15.6 Å². The van der Waals surface area contributed by atoms with E-state index >= 15 is 0 Å². The zero-order valence-electron chi connectivity index (χ0n) is 15.6. The number of rotatable bonds is 6. The number of likely N-dealkylation sites (tertiary alicyclic amines) is 1. The molecule has 1 atom stereocenters. The lowest BCUT2D eigenvalue weighted by molar-refractivity contribution is -0.137. The molecule has 0 aliphatic carbocycles. The Labute approximate surface area is 154 Å². The molecule has 0 unspecified atom stereocenters. The molecule has 7 heteroatoms. The van der Waals surface area contributed by atoms with Crippen LogP contribution in [0.2, 0.25) is 0 Å². The maximum atomic E-state index is 13.1. The predicted octanol–water partition coefficient (Wildman–Crippen LogP) is 1.87. The zero-order valence-corrected chi connectivity index (χ0v) is 15.6. The summed E-state index contributed by atoms with van der Waals surface area (Å²) < 4.78 is 1.84. The molecule has 0 bridgehead atoms. The van der Waals surface area contributed by atoms with E-state index in [0.717, 1.165) is 43.9 Å². The van der Waals surface area contributed by atoms with Gasteiger partial charge in [-0.15, -0.1) is 5.10 Å². The quantitative estimate of drug-likeness (QED) is 0.825. The number of nitrogens with zero attached hydrogens (tertiary/aromatic N) is 4. The molecular formula is C19H28N6O. The molecule has 140 valence electrons. The van der Waals surface area contributed by atoms with Gasteiger partial charge >= 0.3 is 0 Å². The van der Waals surface area contributed by atoms with Crippen LogP contribution in [-0.4, -0.2) is 44.4 Å². The minimum atomic E-state index is -0.650. The predicted molar refractivity (Wildman–Crippen MR) is 101 cm³/mol. The van der Waals surface area contributed by atoms with Crippen molar-refractivity contribution in [3.63, 3.8) is 0 Å². The first-order chi connectivity index (χ1) is 12.5. The summed E-state index contributed by atoms with van der Waals surface area (Å²) in [4.78, 5) is 15.1. The number of aromatic nitrogens is 3. The molecule has 2 aromatic rings. The molecular weight excluding hydrogens is 328 g/mol. The van der Waals surface area contributed by atoms with E-state index in [1.807, 2.05) is 60.0 Å². The summed E-state index contributed by atoms with van der Waals surface area (Å²) in [5, 5.41) is 11.5. The van der Waals surface area contributed by atoms with Crippen LogP contribution in [0, 0.1) is 5.92 Å². The summed E-state index contributed by atoms with van der Waals surface area (Å²) in [6.45, 7) is 6.60. The van der Waals surface area contributed by atoms with Crippen molar-refractivity contribution in [2.45, 2.75) is 45.3 Å². The first-order valence-electron chi connectivity index (χ1n) is 9.19. The number of nitrogens with one attached hydrogen (secondary N) is 1. The molecule has 0 radical (unpaired) electrons. The summed E-state index contributed by atoms with van der Waals surface area (Å²) >= 11 is 0. The van der Waals surface area contributed by atoms with Gasteiger partial charge in [0.2, 0.25) is 5.91 Å². The number of benzene rings is 1. The lowest BCUT2D eigenvalue weighted by Crippen LogP contribution is -2.53. The zero-order chi connectivity index (χ0) is 18.6. The highest BCUT2D eigenvalue weighted by Crippen LogP contribution is 2.23. The molecule has 1 aliphatic heterocycles. The molecule has 7 nitrogen and oxygen atoms in total. The van der Waals surface area contributed by atoms with Gasteiger partial charge < -0.3 is 16.0 Å². The highest BCUT2D eigenvalue weighted by molar-refractivity contribution is 5.88. The van der Waals surface area contributed by atoms with E-state index in [1.54, 1.807) is 0 Å². The van der Waals surface area contributed by atoms with Crippen LogP contribution in [-0.2, 0) is 17.9 Å². The second-order valence-corrected chi connectivity index (χ2v) is 7.51. The average molecular weight is 356 g/mol. The number of hydrogen-bond acceptors (Lipinski definition) is 5. The fourth-order valence-electron chi connectivity index (χ4n) is 3.52. The molecule has 1 aromatic heterocycles. The van der Waals surface area contributed by atoms with Gasteiger partial charge in [0.1, 0.15) is 5.54 Å². The van der Waals surface area contributed by atoms with Gasteiger partial charge in [0, 0.05) is 38.1 Å². The fraction of sp³-hybridized carbons (Fsp3) is 0.526. The van der Waals surface area contributed by atoms with Crippen molar-refractivity contribution in [1.29, 1.82) is 0 Å². The number of hydrogen-bond donors (Lipinski definition) is 2. The number of amides is 1. The number of carbonyl (C=O) groups is 1. The third-order valence-corrected chi connectivity index (χ3v) is 4.81. The highest BCUT2D eigenvalue weighted by Gasteiger charge is 2.34. The van der Waals surface area contributed by atoms with Crippen LogP contribution in [0.4, 0.5) is 5.69 Å². The molecule has 2 heterocycles. The smallest absolute Gasteiger partial charge is 0.247 e. The molecule has 3 rings (SSSR count). The molecule has 1 aromatic carbocycles. The minimum absolute atomic E-state index is 0.132. The van der Waals surface area contributed by atoms with Gasteiger partial charge in [-0.05, 0) is 44.7 Å². The highest BCUT2D eigenvalue weighted by atomic mass is 16.2. The van der Waals surface area contributed by atoms with Crippen LogP contribution < -0.4 is 11.1 Å². The molecule has 0 spiro atoms. The van der Waals surface area contributed by atoms with E-state index in [0.29, 0.717) is 12.5 Å². The number of nitrogens with two attached hydrogens (primary N) is 1. The van der Waals surface area contributed by atoms with E-state index in [-0.39, 0.29) is 5.91 Å². The van der Waals surface area contributed by atoms with Crippen molar-refractivity contribution in [2.24, 2.45) is 11.7 Å². The van der Waals surface area contributed by atoms with Crippen molar-refractivity contribution in [3.8, 4) is 0 Å². The van der Waals surface area contributed by atoms with Gasteiger partial charge in [-0.1, -0.05) is 23.4 Å². The Hall–Kier alpha value is -2.41. The van der Waals surface area contributed by atoms with Crippen LogP contribution in [0.15, 0.2) is 36.5 Å². The largest absolute Gasteiger partial charge is 0.372 e. The summed E-state index contributed by atoms with van der Waals surface area (Å²) in [5.41, 5.74) is 6.69. The maximum Gasteiger partial charge on any atom is 0.247 e. The third kappa shape index (κ3) is 4.40. The minimum Gasteiger partial charge on any atom is -0.372 e. The van der Waals surface area contributed by atoms with Gasteiger partial charge in [0.25, 0.3) is 0 Å². The fourth-order valence-corrected chi connectivity index (χ4v) is 3.52. The van der Waals surface area contributed by atoms with Crippen LogP contribution >= 0.6 is 0 Å². The van der Waals surface area contributed by atoms with E-state index < -0.39 is 5.54 Å². The first-order valence-corrected chi connectivity index (χ1v) is 9.19. The van der Waals surface area contributed by atoms with Crippen molar-refractivity contribution in [2.75, 3.05) is 18.4 Å². The Morgan fingerprint density at radius 2 is 2.12 bits per heavy atom. The average Bonchev–Trinajstić information content (AvgIpc) is 3.09. The summed E-state index contributed by atoms with van der Waals surface area (Å²) in [6.07, 6.45) is 3.99. The first kappa shape index (κ1) is 18.4. The maximum absolute atomic E-state index is 13.1. The van der Waals surface area contributed by atoms with E-state index in [4.69, 9.17) is 5.73 Å². The molecule has 1 fully saturated rings. The Kier molecular flexibility index (Phi) is 5.56. The van der Waals surface area contributed by atoms with Crippen molar-refractivity contribution < 1.29 is 4.79 Å². The summed E-state index contributed by atoms with van der Waals surface area (Å²) in [5.74, 6) is 0.514. The van der Waals surface area contributed by atoms with Crippen molar-refractivity contribution >= 4 is 11.6 Å². The van der Waals surface area contributed by atoms with Crippen LogP contribution in [0.5, 0.6) is 0 Å². The Balaban J connectivity index is 1.61. The van der Waals surface area contributed by atoms with Gasteiger partial charge in [0.15, 0.2) is 0 Å². The van der Waals surface area contributed by atoms with Crippen LogP contribution in [0.3, 0.4) is 0 Å². The van der Waals surface area contributed by atoms with Gasteiger partial charge in [0.05, 0.1) is 5.69 Å². The summed E-state index contributed by atoms with van der Waals surface area (Å²) in [7, 11) is 0. The normalized spacial score (nSPS) is 18.0. The van der Waals surface area contributed by atoms with Crippen molar-refractivity contribution in [3.05, 3.63) is 42.2 Å². The van der Waals surface area contributed by atoms with Gasteiger partial charge in [-0.3, -0.25) is 9.48 Å². The number of para-hydroxylation sites is 1.